The fraction of sp³-hybridized carbons (Fsp3) is 0.800. The topological polar surface area (TPSA) is 92.4 Å². The molecule has 0 saturated heterocycles. The Morgan fingerprint density at radius 3 is 2.47 bits per heavy atom. The van der Waals surface area contributed by atoms with Crippen molar-refractivity contribution < 1.29 is 14.7 Å². The van der Waals surface area contributed by atoms with E-state index in [0.29, 0.717) is 25.8 Å². The molecule has 0 bridgehead atoms. The first-order chi connectivity index (χ1) is 6.96. The van der Waals surface area contributed by atoms with Gasteiger partial charge in [0.1, 0.15) is 5.54 Å². The van der Waals surface area contributed by atoms with Gasteiger partial charge in [-0.05, 0) is 26.3 Å². The maximum atomic E-state index is 11.4. The van der Waals surface area contributed by atoms with Crippen molar-refractivity contribution in [2.45, 2.75) is 45.1 Å². The SMILES string of the molecule is CCCC(C)(NC(=O)CCCN)C(=O)O. The van der Waals surface area contributed by atoms with E-state index in [9.17, 15) is 9.59 Å². The van der Waals surface area contributed by atoms with Gasteiger partial charge in [-0.25, -0.2) is 4.79 Å². The Morgan fingerprint density at radius 2 is 2.07 bits per heavy atom. The molecule has 0 aliphatic rings. The van der Waals surface area contributed by atoms with Crippen LogP contribution < -0.4 is 11.1 Å². The van der Waals surface area contributed by atoms with Crippen molar-refractivity contribution in [1.82, 2.24) is 5.32 Å². The summed E-state index contributed by atoms with van der Waals surface area (Å²) in [6.45, 7) is 3.84. The van der Waals surface area contributed by atoms with Crippen molar-refractivity contribution in [2.24, 2.45) is 5.73 Å². The molecule has 0 aromatic rings. The van der Waals surface area contributed by atoms with Gasteiger partial charge in [-0.2, -0.15) is 0 Å². The number of nitrogens with two attached hydrogens (primary N) is 1. The predicted octanol–water partition coefficient (Wildman–Crippen LogP) is 0.485. The molecule has 5 heteroatoms. The highest BCUT2D eigenvalue weighted by atomic mass is 16.4. The zero-order valence-corrected chi connectivity index (χ0v) is 9.38. The molecule has 0 aromatic carbocycles. The third kappa shape index (κ3) is 4.78. The van der Waals surface area contributed by atoms with Gasteiger partial charge in [0.2, 0.25) is 5.91 Å². The van der Waals surface area contributed by atoms with E-state index in [0.717, 1.165) is 0 Å². The Morgan fingerprint density at radius 1 is 1.47 bits per heavy atom. The predicted molar refractivity (Wildman–Crippen MR) is 57.4 cm³/mol. The summed E-state index contributed by atoms with van der Waals surface area (Å²) in [5.41, 5.74) is 4.11. The molecule has 88 valence electrons. The molecule has 0 aliphatic heterocycles. The Bertz CT molecular complexity index is 231. The molecule has 5 nitrogen and oxygen atoms in total. The number of hydrogen-bond donors (Lipinski definition) is 3. The average Bonchev–Trinajstić information content (AvgIpc) is 2.14. The minimum Gasteiger partial charge on any atom is -0.480 e. The molecule has 0 heterocycles. The molecule has 1 amide bonds. The number of carboxylic acids is 1. The van der Waals surface area contributed by atoms with Crippen molar-refractivity contribution in [2.75, 3.05) is 6.54 Å². The molecular formula is C10H20N2O3. The third-order valence-corrected chi connectivity index (χ3v) is 2.25. The van der Waals surface area contributed by atoms with Crippen LogP contribution in [0.4, 0.5) is 0 Å². The molecule has 0 aromatic heterocycles. The molecular weight excluding hydrogens is 196 g/mol. The van der Waals surface area contributed by atoms with Gasteiger partial charge in [-0.15, -0.1) is 0 Å². The number of carbonyl (C=O) groups is 2. The van der Waals surface area contributed by atoms with Crippen LogP contribution in [0.2, 0.25) is 0 Å². The van der Waals surface area contributed by atoms with E-state index in [1.54, 1.807) is 0 Å². The van der Waals surface area contributed by atoms with Crippen molar-refractivity contribution in [3.63, 3.8) is 0 Å². The Hall–Kier alpha value is -1.10. The first-order valence-corrected chi connectivity index (χ1v) is 5.20. The molecule has 1 atom stereocenters. The Balaban J connectivity index is 4.28. The summed E-state index contributed by atoms with van der Waals surface area (Å²) in [6.07, 6.45) is 1.99. The van der Waals surface area contributed by atoms with Gasteiger partial charge in [-0.3, -0.25) is 4.79 Å². The summed E-state index contributed by atoms with van der Waals surface area (Å²) in [5, 5.41) is 11.5. The molecule has 0 spiro atoms. The number of aliphatic carboxylic acids is 1. The van der Waals surface area contributed by atoms with Crippen LogP contribution in [-0.4, -0.2) is 29.1 Å². The van der Waals surface area contributed by atoms with E-state index < -0.39 is 11.5 Å². The highest BCUT2D eigenvalue weighted by Crippen LogP contribution is 2.12. The molecule has 0 radical (unpaired) electrons. The van der Waals surface area contributed by atoms with Crippen LogP contribution in [0.1, 0.15) is 39.5 Å². The normalized spacial score (nSPS) is 14.3. The van der Waals surface area contributed by atoms with E-state index >= 15 is 0 Å². The molecule has 0 rings (SSSR count). The number of nitrogens with one attached hydrogen (secondary N) is 1. The number of amides is 1. The lowest BCUT2D eigenvalue weighted by Gasteiger charge is -2.25. The van der Waals surface area contributed by atoms with Crippen molar-refractivity contribution >= 4 is 11.9 Å². The van der Waals surface area contributed by atoms with Crippen molar-refractivity contribution in [1.29, 1.82) is 0 Å². The number of carbonyl (C=O) groups excluding carboxylic acids is 1. The smallest absolute Gasteiger partial charge is 0.329 e. The lowest BCUT2D eigenvalue weighted by molar-refractivity contribution is -0.147. The lowest BCUT2D eigenvalue weighted by Crippen LogP contribution is -2.52. The summed E-state index contributed by atoms with van der Waals surface area (Å²) in [6, 6.07) is 0. The van der Waals surface area contributed by atoms with Crippen LogP contribution in [0.15, 0.2) is 0 Å². The summed E-state index contributed by atoms with van der Waals surface area (Å²) in [5.74, 6) is -1.25. The maximum absolute atomic E-state index is 11.4. The van der Waals surface area contributed by atoms with Gasteiger partial charge in [0.25, 0.3) is 0 Å². The van der Waals surface area contributed by atoms with Gasteiger partial charge in [-0.1, -0.05) is 13.3 Å². The summed E-state index contributed by atoms with van der Waals surface area (Å²) >= 11 is 0. The van der Waals surface area contributed by atoms with Crippen LogP contribution in [0, 0.1) is 0 Å². The number of rotatable bonds is 7. The van der Waals surface area contributed by atoms with Crippen LogP contribution in [-0.2, 0) is 9.59 Å². The Labute approximate surface area is 90.0 Å². The first kappa shape index (κ1) is 13.9. The van der Waals surface area contributed by atoms with Crippen LogP contribution in [0.5, 0.6) is 0 Å². The first-order valence-electron chi connectivity index (χ1n) is 5.20. The Kier molecular flexibility index (Phi) is 5.93. The van der Waals surface area contributed by atoms with E-state index in [1.165, 1.54) is 6.92 Å². The van der Waals surface area contributed by atoms with Gasteiger partial charge < -0.3 is 16.2 Å². The average molecular weight is 216 g/mol. The molecule has 1 unspecified atom stereocenters. The van der Waals surface area contributed by atoms with Gasteiger partial charge >= 0.3 is 5.97 Å². The second kappa shape index (κ2) is 6.40. The van der Waals surface area contributed by atoms with E-state index in [-0.39, 0.29) is 12.3 Å². The fourth-order valence-corrected chi connectivity index (χ4v) is 1.36. The van der Waals surface area contributed by atoms with Gasteiger partial charge in [0, 0.05) is 6.42 Å². The van der Waals surface area contributed by atoms with E-state index in [2.05, 4.69) is 5.32 Å². The minimum absolute atomic E-state index is 0.251. The molecule has 15 heavy (non-hydrogen) atoms. The largest absolute Gasteiger partial charge is 0.480 e. The van der Waals surface area contributed by atoms with Crippen molar-refractivity contribution in [3.8, 4) is 0 Å². The zero-order valence-electron chi connectivity index (χ0n) is 9.38. The van der Waals surface area contributed by atoms with Gasteiger partial charge in [0.05, 0.1) is 0 Å². The fourth-order valence-electron chi connectivity index (χ4n) is 1.36. The quantitative estimate of drug-likeness (QED) is 0.577. The summed E-state index contributed by atoms with van der Waals surface area (Å²) < 4.78 is 0. The molecule has 4 N–H and O–H groups in total. The molecule has 0 saturated carbocycles. The third-order valence-electron chi connectivity index (χ3n) is 2.25. The highest BCUT2D eigenvalue weighted by Gasteiger charge is 2.33. The van der Waals surface area contributed by atoms with Gasteiger partial charge in [0.15, 0.2) is 0 Å². The number of hydrogen-bond acceptors (Lipinski definition) is 3. The maximum Gasteiger partial charge on any atom is 0.329 e. The zero-order chi connectivity index (χ0) is 11.9. The second-order valence-electron chi connectivity index (χ2n) is 3.83. The number of carboxylic acid groups (broad SMARTS) is 1. The van der Waals surface area contributed by atoms with E-state index in [1.807, 2.05) is 6.92 Å². The minimum atomic E-state index is -1.15. The van der Waals surface area contributed by atoms with Crippen LogP contribution >= 0.6 is 0 Å². The highest BCUT2D eigenvalue weighted by molar-refractivity contribution is 5.86. The standard InChI is InChI=1S/C10H20N2O3/c1-3-6-10(2,9(14)15)12-8(13)5-4-7-11/h3-7,11H2,1-2H3,(H,12,13)(H,14,15). The van der Waals surface area contributed by atoms with Crippen LogP contribution in [0.3, 0.4) is 0 Å². The lowest BCUT2D eigenvalue weighted by atomic mass is 9.96. The monoisotopic (exact) mass is 216 g/mol. The van der Waals surface area contributed by atoms with Crippen LogP contribution in [0.25, 0.3) is 0 Å². The van der Waals surface area contributed by atoms with E-state index in [4.69, 9.17) is 10.8 Å². The molecule has 0 fully saturated rings. The second-order valence-corrected chi connectivity index (χ2v) is 3.83. The summed E-state index contributed by atoms with van der Waals surface area (Å²) in [7, 11) is 0. The summed E-state index contributed by atoms with van der Waals surface area (Å²) in [4.78, 5) is 22.3. The molecule has 0 aliphatic carbocycles. The van der Waals surface area contributed by atoms with Crippen molar-refractivity contribution in [3.05, 3.63) is 0 Å².